The number of phenolic OH excluding ortho intramolecular Hbond substituents is 1. The lowest BCUT2D eigenvalue weighted by atomic mass is 10.2. The fraction of sp³-hybridized carbons (Fsp3) is 0.188. The summed E-state index contributed by atoms with van der Waals surface area (Å²) in [6.07, 6.45) is 0. The minimum Gasteiger partial charge on any atom is -0.508 e. The van der Waals surface area contributed by atoms with E-state index < -0.39 is 5.97 Å². The summed E-state index contributed by atoms with van der Waals surface area (Å²) in [5.41, 5.74) is 1.14. The van der Waals surface area contributed by atoms with Crippen LogP contribution in [0.5, 0.6) is 11.5 Å². The van der Waals surface area contributed by atoms with Crippen molar-refractivity contribution in [1.29, 1.82) is 0 Å². The molecular formula is C16H17NO4. The van der Waals surface area contributed by atoms with Gasteiger partial charge in [-0.3, -0.25) is 0 Å². The van der Waals surface area contributed by atoms with Gasteiger partial charge in [0.05, 0.1) is 12.1 Å². The Morgan fingerprint density at radius 1 is 1.19 bits per heavy atom. The van der Waals surface area contributed by atoms with E-state index in [0.29, 0.717) is 18.9 Å². The average molecular weight is 287 g/mol. The predicted molar refractivity (Wildman–Crippen MR) is 80.3 cm³/mol. The maximum Gasteiger partial charge on any atom is 0.335 e. The SMILES string of the molecule is CN(CCOc1ccc(C(=O)O)cc1)c1cccc(O)c1. The molecule has 21 heavy (non-hydrogen) atoms. The highest BCUT2D eigenvalue weighted by Gasteiger charge is 2.04. The van der Waals surface area contributed by atoms with E-state index in [9.17, 15) is 9.90 Å². The average Bonchev–Trinajstić information content (AvgIpc) is 2.47. The number of aromatic carboxylic acids is 1. The quantitative estimate of drug-likeness (QED) is 0.854. The van der Waals surface area contributed by atoms with Gasteiger partial charge in [0, 0.05) is 18.8 Å². The number of carboxylic acids is 1. The lowest BCUT2D eigenvalue weighted by molar-refractivity contribution is 0.0697. The minimum absolute atomic E-state index is 0.226. The van der Waals surface area contributed by atoms with Gasteiger partial charge in [-0.15, -0.1) is 0 Å². The number of hydrogen-bond acceptors (Lipinski definition) is 4. The molecule has 5 heteroatoms. The number of likely N-dealkylation sites (N-methyl/N-ethyl adjacent to an activating group) is 1. The van der Waals surface area contributed by atoms with Crippen LogP contribution in [0.4, 0.5) is 5.69 Å². The smallest absolute Gasteiger partial charge is 0.335 e. The van der Waals surface area contributed by atoms with Crippen molar-refractivity contribution < 1.29 is 19.7 Å². The molecule has 2 aromatic rings. The number of hydrogen-bond donors (Lipinski definition) is 2. The molecule has 2 aromatic carbocycles. The molecule has 0 radical (unpaired) electrons. The standard InChI is InChI=1S/C16H17NO4/c1-17(13-3-2-4-14(18)11-13)9-10-21-15-7-5-12(6-8-15)16(19)20/h2-8,11,18H,9-10H2,1H3,(H,19,20). The zero-order chi connectivity index (χ0) is 15.2. The molecule has 0 saturated carbocycles. The number of ether oxygens (including phenoxy) is 1. The summed E-state index contributed by atoms with van der Waals surface area (Å²) in [5, 5.41) is 18.2. The van der Waals surface area contributed by atoms with Gasteiger partial charge in [0.2, 0.25) is 0 Å². The van der Waals surface area contributed by atoms with E-state index in [1.165, 1.54) is 12.1 Å². The van der Waals surface area contributed by atoms with E-state index >= 15 is 0 Å². The summed E-state index contributed by atoms with van der Waals surface area (Å²) in [5.74, 6) is -0.0981. The summed E-state index contributed by atoms with van der Waals surface area (Å²) < 4.78 is 5.57. The van der Waals surface area contributed by atoms with Gasteiger partial charge in [-0.1, -0.05) is 6.07 Å². The van der Waals surface area contributed by atoms with Crippen LogP contribution in [-0.4, -0.2) is 36.4 Å². The number of rotatable bonds is 6. The van der Waals surface area contributed by atoms with E-state index in [1.807, 2.05) is 18.0 Å². The fourth-order valence-corrected chi connectivity index (χ4v) is 1.85. The van der Waals surface area contributed by atoms with Crippen LogP contribution in [-0.2, 0) is 0 Å². The van der Waals surface area contributed by atoms with Gasteiger partial charge in [0.1, 0.15) is 18.1 Å². The van der Waals surface area contributed by atoms with Crippen molar-refractivity contribution in [3.8, 4) is 11.5 Å². The molecule has 0 unspecified atom stereocenters. The number of aromatic hydroxyl groups is 1. The normalized spacial score (nSPS) is 10.1. The molecule has 0 aromatic heterocycles. The Kier molecular flexibility index (Phi) is 4.66. The monoisotopic (exact) mass is 287 g/mol. The van der Waals surface area contributed by atoms with Gasteiger partial charge in [0.15, 0.2) is 0 Å². The highest BCUT2D eigenvalue weighted by Crippen LogP contribution is 2.18. The number of carboxylic acid groups (broad SMARTS) is 1. The largest absolute Gasteiger partial charge is 0.508 e. The lowest BCUT2D eigenvalue weighted by Gasteiger charge is -2.19. The molecule has 5 nitrogen and oxygen atoms in total. The molecule has 0 atom stereocenters. The van der Waals surface area contributed by atoms with Crippen LogP contribution < -0.4 is 9.64 Å². The van der Waals surface area contributed by atoms with E-state index in [-0.39, 0.29) is 11.3 Å². The van der Waals surface area contributed by atoms with Crippen molar-refractivity contribution in [1.82, 2.24) is 0 Å². The molecule has 0 bridgehead atoms. The van der Waals surface area contributed by atoms with E-state index in [0.717, 1.165) is 5.69 Å². The van der Waals surface area contributed by atoms with Crippen LogP contribution in [0, 0.1) is 0 Å². The Hall–Kier alpha value is -2.69. The van der Waals surface area contributed by atoms with Crippen LogP contribution in [0.15, 0.2) is 48.5 Å². The second-order valence-corrected chi connectivity index (χ2v) is 4.62. The van der Waals surface area contributed by atoms with E-state index in [4.69, 9.17) is 9.84 Å². The highest BCUT2D eigenvalue weighted by molar-refractivity contribution is 5.87. The number of carbonyl (C=O) groups is 1. The first-order chi connectivity index (χ1) is 10.1. The highest BCUT2D eigenvalue weighted by atomic mass is 16.5. The van der Waals surface area contributed by atoms with Gasteiger partial charge in [0.25, 0.3) is 0 Å². The number of phenols is 1. The van der Waals surface area contributed by atoms with Gasteiger partial charge < -0.3 is 19.8 Å². The van der Waals surface area contributed by atoms with Crippen molar-refractivity contribution in [2.45, 2.75) is 0 Å². The molecule has 0 saturated heterocycles. The van der Waals surface area contributed by atoms with Crippen molar-refractivity contribution in [2.75, 3.05) is 25.1 Å². The maximum absolute atomic E-state index is 10.7. The summed E-state index contributed by atoms with van der Waals surface area (Å²) >= 11 is 0. The molecule has 0 spiro atoms. The topological polar surface area (TPSA) is 70.0 Å². The predicted octanol–water partition coefficient (Wildman–Crippen LogP) is 2.61. The van der Waals surface area contributed by atoms with Gasteiger partial charge in [-0.2, -0.15) is 0 Å². The Morgan fingerprint density at radius 3 is 2.52 bits per heavy atom. The van der Waals surface area contributed by atoms with Crippen LogP contribution in [0.1, 0.15) is 10.4 Å². The van der Waals surface area contributed by atoms with Crippen molar-refractivity contribution in [2.24, 2.45) is 0 Å². The molecule has 0 aliphatic rings. The lowest BCUT2D eigenvalue weighted by Crippen LogP contribution is -2.23. The van der Waals surface area contributed by atoms with Gasteiger partial charge in [-0.25, -0.2) is 4.79 Å². The van der Waals surface area contributed by atoms with E-state index in [2.05, 4.69) is 0 Å². The third-order valence-electron chi connectivity index (χ3n) is 3.07. The second kappa shape index (κ2) is 6.65. The first kappa shape index (κ1) is 14.7. The number of nitrogens with zero attached hydrogens (tertiary/aromatic N) is 1. The Labute approximate surface area is 123 Å². The van der Waals surface area contributed by atoms with Crippen LogP contribution in [0.3, 0.4) is 0 Å². The first-order valence-electron chi connectivity index (χ1n) is 6.52. The molecule has 2 N–H and O–H groups in total. The van der Waals surface area contributed by atoms with Crippen molar-refractivity contribution in [3.63, 3.8) is 0 Å². The first-order valence-corrected chi connectivity index (χ1v) is 6.52. The molecule has 110 valence electrons. The molecule has 0 amide bonds. The zero-order valence-electron chi connectivity index (χ0n) is 11.7. The molecule has 2 rings (SSSR count). The Balaban J connectivity index is 1.85. The van der Waals surface area contributed by atoms with Crippen LogP contribution >= 0.6 is 0 Å². The van der Waals surface area contributed by atoms with Gasteiger partial charge >= 0.3 is 5.97 Å². The fourth-order valence-electron chi connectivity index (χ4n) is 1.85. The summed E-state index contributed by atoms with van der Waals surface area (Å²) in [4.78, 5) is 12.7. The van der Waals surface area contributed by atoms with Crippen molar-refractivity contribution in [3.05, 3.63) is 54.1 Å². The third-order valence-corrected chi connectivity index (χ3v) is 3.07. The molecule has 0 fully saturated rings. The van der Waals surface area contributed by atoms with Crippen LogP contribution in [0.2, 0.25) is 0 Å². The maximum atomic E-state index is 10.7. The number of anilines is 1. The second-order valence-electron chi connectivity index (χ2n) is 4.62. The number of benzene rings is 2. The summed E-state index contributed by atoms with van der Waals surface area (Å²) in [6, 6.07) is 13.3. The summed E-state index contributed by atoms with van der Waals surface area (Å²) in [7, 11) is 1.91. The van der Waals surface area contributed by atoms with E-state index in [1.54, 1.807) is 30.3 Å². The molecule has 0 heterocycles. The molecule has 0 aliphatic carbocycles. The molecule has 0 aliphatic heterocycles. The third kappa shape index (κ3) is 4.14. The van der Waals surface area contributed by atoms with Crippen LogP contribution in [0.25, 0.3) is 0 Å². The Bertz CT molecular complexity index is 610. The van der Waals surface area contributed by atoms with Crippen molar-refractivity contribution >= 4 is 11.7 Å². The molecular weight excluding hydrogens is 270 g/mol. The van der Waals surface area contributed by atoms with Gasteiger partial charge in [-0.05, 0) is 36.4 Å². The Morgan fingerprint density at radius 2 is 1.90 bits per heavy atom. The summed E-state index contributed by atoms with van der Waals surface area (Å²) in [6.45, 7) is 1.10. The zero-order valence-corrected chi connectivity index (χ0v) is 11.7. The minimum atomic E-state index is -0.954.